The summed E-state index contributed by atoms with van der Waals surface area (Å²) < 4.78 is 0. The van der Waals surface area contributed by atoms with E-state index >= 15 is 0 Å². The standard InChI is InChI=1S/C21H28N4O9S/c22-12(10-35)18(30)24-14(8-11-4-2-1-3-5-11)20(32)23-13(6-7-16(26)27)19(31)25-15(21(33)34)9-17(28)29/h1-5,12-15,35H,6-10,22H2,(H,23,32)(H,24,30)(H,25,31)(H,26,27)(H,28,29)(H,33,34). The van der Waals surface area contributed by atoms with Crippen LogP contribution < -0.4 is 21.7 Å². The molecule has 3 amide bonds. The summed E-state index contributed by atoms with van der Waals surface area (Å²) in [6.07, 6.45) is -1.92. The lowest BCUT2D eigenvalue weighted by molar-refractivity contribution is -0.147. The van der Waals surface area contributed by atoms with Crippen molar-refractivity contribution in [2.45, 2.75) is 49.9 Å². The fourth-order valence-electron chi connectivity index (χ4n) is 2.88. The van der Waals surface area contributed by atoms with Crippen LogP contribution in [0, 0.1) is 0 Å². The van der Waals surface area contributed by atoms with Crippen LogP contribution in [0.1, 0.15) is 24.8 Å². The van der Waals surface area contributed by atoms with E-state index in [-0.39, 0.29) is 12.2 Å². The van der Waals surface area contributed by atoms with Gasteiger partial charge < -0.3 is 37.0 Å². The summed E-state index contributed by atoms with van der Waals surface area (Å²) in [7, 11) is 0. The zero-order chi connectivity index (χ0) is 26.5. The largest absolute Gasteiger partial charge is 0.481 e. The zero-order valence-corrected chi connectivity index (χ0v) is 19.4. The van der Waals surface area contributed by atoms with Crippen LogP contribution in [0.4, 0.5) is 0 Å². The summed E-state index contributed by atoms with van der Waals surface area (Å²) in [4.78, 5) is 71.2. The van der Waals surface area contributed by atoms with Crippen molar-refractivity contribution in [1.82, 2.24) is 16.0 Å². The van der Waals surface area contributed by atoms with E-state index in [9.17, 15) is 28.8 Å². The molecule has 0 aromatic heterocycles. The van der Waals surface area contributed by atoms with Crippen molar-refractivity contribution in [3.63, 3.8) is 0 Å². The van der Waals surface area contributed by atoms with Crippen LogP contribution in [0.5, 0.6) is 0 Å². The number of hydrogen-bond acceptors (Lipinski definition) is 8. The number of carbonyl (C=O) groups is 6. The molecule has 13 nitrogen and oxygen atoms in total. The summed E-state index contributed by atoms with van der Waals surface area (Å²) in [5.74, 6) is -7.04. The highest BCUT2D eigenvalue weighted by Gasteiger charge is 2.31. The van der Waals surface area contributed by atoms with Gasteiger partial charge >= 0.3 is 17.9 Å². The quantitative estimate of drug-likeness (QED) is 0.125. The van der Waals surface area contributed by atoms with Crippen LogP contribution in [0.3, 0.4) is 0 Å². The Hall–Kier alpha value is -3.65. The lowest BCUT2D eigenvalue weighted by Gasteiger charge is -2.25. The average Bonchev–Trinajstić information content (AvgIpc) is 2.80. The molecule has 35 heavy (non-hydrogen) atoms. The average molecular weight is 513 g/mol. The number of carbonyl (C=O) groups excluding carboxylic acids is 3. The normalized spacial score (nSPS) is 14.0. The SMILES string of the molecule is NC(CS)C(=O)NC(Cc1ccccc1)C(=O)NC(CCC(=O)O)C(=O)NC(CC(=O)O)C(=O)O. The number of nitrogens with two attached hydrogens (primary N) is 1. The second-order valence-corrected chi connectivity index (χ2v) is 7.90. The molecule has 0 radical (unpaired) electrons. The summed E-state index contributed by atoms with van der Waals surface area (Å²) in [5.41, 5.74) is 6.32. The minimum absolute atomic E-state index is 0.00173. The van der Waals surface area contributed by atoms with Gasteiger partial charge in [0.2, 0.25) is 17.7 Å². The molecule has 0 saturated carbocycles. The molecule has 0 bridgehead atoms. The minimum Gasteiger partial charge on any atom is -0.481 e. The first kappa shape index (κ1) is 29.4. The van der Waals surface area contributed by atoms with Gasteiger partial charge in [-0.05, 0) is 12.0 Å². The van der Waals surface area contributed by atoms with E-state index in [0.717, 1.165) is 0 Å². The lowest BCUT2D eigenvalue weighted by Crippen LogP contribution is -2.58. The Bertz CT molecular complexity index is 929. The number of benzene rings is 1. The first-order valence-corrected chi connectivity index (χ1v) is 11.1. The van der Waals surface area contributed by atoms with Crippen molar-refractivity contribution in [3.8, 4) is 0 Å². The van der Waals surface area contributed by atoms with Gasteiger partial charge in [-0.25, -0.2) is 4.79 Å². The van der Waals surface area contributed by atoms with E-state index in [4.69, 9.17) is 21.1 Å². The number of hydrogen-bond donors (Lipinski definition) is 8. The van der Waals surface area contributed by atoms with Gasteiger partial charge in [0, 0.05) is 18.6 Å². The van der Waals surface area contributed by atoms with Crippen LogP contribution in [0.15, 0.2) is 30.3 Å². The van der Waals surface area contributed by atoms with Crippen molar-refractivity contribution in [3.05, 3.63) is 35.9 Å². The number of aliphatic carboxylic acids is 3. The monoisotopic (exact) mass is 512 g/mol. The molecule has 0 aliphatic carbocycles. The van der Waals surface area contributed by atoms with E-state index in [2.05, 4.69) is 23.3 Å². The highest BCUT2D eigenvalue weighted by molar-refractivity contribution is 7.80. The topological polar surface area (TPSA) is 225 Å². The van der Waals surface area contributed by atoms with Gasteiger partial charge in [-0.3, -0.25) is 24.0 Å². The van der Waals surface area contributed by atoms with Crippen molar-refractivity contribution in [1.29, 1.82) is 0 Å². The van der Waals surface area contributed by atoms with Crippen molar-refractivity contribution < 1.29 is 44.1 Å². The van der Waals surface area contributed by atoms with Gasteiger partial charge in [-0.15, -0.1) is 0 Å². The molecule has 0 aliphatic heterocycles. The van der Waals surface area contributed by atoms with Crippen molar-refractivity contribution in [2.24, 2.45) is 5.73 Å². The van der Waals surface area contributed by atoms with Crippen molar-refractivity contribution in [2.75, 3.05) is 5.75 Å². The third-order valence-electron chi connectivity index (χ3n) is 4.72. The molecule has 0 fully saturated rings. The Kier molecular flexibility index (Phi) is 12.2. The fourth-order valence-corrected chi connectivity index (χ4v) is 3.04. The molecule has 1 aromatic carbocycles. The zero-order valence-electron chi connectivity index (χ0n) is 18.5. The van der Waals surface area contributed by atoms with Crippen LogP contribution in [-0.4, -0.2) is 80.9 Å². The highest BCUT2D eigenvalue weighted by atomic mass is 32.1. The summed E-state index contributed by atoms with van der Waals surface area (Å²) in [6.45, 7) is 0. The molecule has 0 heterocycles. The molecular weight excluding hydrogens is 484 g/mol. The molecule has 4 atom stereocenters. The Morgan fingerprint density at radius 2 is 1.34 bits per heavy atom. The number of nitrogens with one attached hydrogen (secondary N) is 3. The van der Waals surface area contributed by atoms with Crippen LogP contribution >= 0.6 is 12.6 Å². The molecule has 14 heteroatoms. The van der Waals surface area contributed by atoms with Crippen LogP contribution in [0.2, 0.25) is 0 Å². The first-order valence-electron chi connectivity index (χ1n) is 10.4. The number of carboxylic acids is 3. The maximum absolute atomic E-state index is 13.0. The third-order valence-corrected chi connectivity index (χ3v) is 5.12. The maximum atomic E-state index is 13.0. The Balaban J connectivity index is 3.11. The number of thiol groups is 1. The van der Waals surface area contributed by atoms with E-state index in [1.165, 1.54) is 0 Å². The fraction of sp³-hybridized carbons (Fsp3) is 0.429. The predicted molar refractivity (Wildman–Crippen MR) is 125 cm³/mol. The van der Waals surface area contributed by atoms with E-state index in [1.807, 2.05) is 5.32 Å². The molecule has 8 N–H and O–H groups in total. The van der Waals surface area contributed by atoms with Gasteiger partial charge in [0.15, 0.2) is 0 Å². The maximum Gasteiger partial charge on any atom is 0.326 e. The minimum atomic E-state index is -1.81. The highest BCUT2D eigenvalue weighted by Crippen LogP contribution is 2.07. The Labute approximate surface area is 205 Å². The van der Waals surface area contributed by atoms with E-state index in [0.29, 0.717) is 5.56 Å². The summed E-state index contributed by atoms with van der Waals surface area (Å²) >= 11 is 3.94. The smallest absolute Gasteiger partial charge is 0.326 e. The molecule has 1 rings (SSSR count). The lowest BCUT2D eigenvalue weighted by atomic mass is 10.0. The second kappa shape index (κ2) is 14.6. The van der Waals surface area contributed by atoms with Gasteiger partial charge in [-0.1, -0.05) is 30.3 Å². The predicted octanol–water partition coefficient (Wildman–Crippen LogP) is -1.64. The summed E-state index contributed by atoms with van der Waals surface area (Å²) in [6, 6.07) is 2.99. The van der Waals surface area contributed by atoms with Crippen LogP contribution in [-0.2, 0) is 35.2 Å². The van der Waals surface area contributed by atoms with Gasteiger partial charge in [0.05, 0.1) is 12.5 Å². The molecule has 0 aliphatic rings. The molecular formula is C21H28N4O9S. The molecule has 0 saturated heterocycles. The number of amides is 3. The number of carboxylic acid groups (broad SMARTS) is 3. The molecule has 1 aromatic rings. The van der Waals surface area contributed by atoms with E-state index in [1.54, 1.807) is 30.3 Å². The second-order valence-electron chi connectivity index (χ2n) is 7.53. The molecule has 192 valence electrons. The molecule has 4 unspecified atom stereocenters. The van der Waals surface area contributed by atoms with E-state index < -0.39 is 79.1 Å². The van der Waals surface area contributed by atoms with Gasteiger partial charge in [-0.2, -0.15) is 12.6 Å². The summed E-state index contributed by atoms with van der Waals surface area (Å²) in [5, 5.41) is 33.8. The van der Waals surface area contributed by atoms with Gasteiger partial charge in [0.1, 0.15) is 18.1 Å². The van der Waals surface area contributed by atoms with Crippen molar-refractivity contribution >= 4 is 48.3 Å². The van der Waals surface area contributed by atoms with Crippen LogP contribution in [0.25, 0.3) is 0 Å². The Morgan fingerprint density at radius 3 is 1.86 bits per heavy atom. The Morgan fingerprint density at radius 1 is 0.800 bits per heavy atom. The number of rotatable bonds is 15. The van der Waals surface area contributed by atoms with Gasteiger partial charge in [0.25, 0.3) is 0 Å². The first-order chi connectivity index (χ1) is 16.4. The molecule has 0 spiro atoms. The third kappa shape index (κ3) is 10.9.